The number of nitrogens with zero attached hydrogens (tertiary/aromatic N) is 2. The molecule has 5 nitrogen and oxygen atoms in total. The first-order valence-electron chi connectivity index (χ1n) is 8.59. The number of alkyl halides is 1. The highest BCUT2D eigenvalue weighted by atomic mass is 79.9. The van der Waals surface area contributed by atoms with Crippen LogP contribution in [0.1, 0.15) is 21.5 Å². The predicted molar refractivity (Wildman–Crippen MR) is 114 cm³/mol. The molecule has 0 spiro atoms. The fourth-order valence-corrected chi connectivity index (χ4v) is 3.68. The Labute approximate surface area is 174 Å². The molecular weight excluding hydrogens is 442 g/mol. The number of halogens is 2. The van der Waals surface area contributed by atoms with E-state index in [1.807, 2.05) is 30.3 Å². The lowest BCUT2D eigenvalue weighted by Gasteiger charge is -2.10. The normalized spacial score (nSPS) is 11.1. The third-order valence-electron chi connectivity index (χ3n) is 4.56. The van der Waals surface area contributed by atoms with Gasteiger partial charge in [0.05, 0.1) is 28.8 Å². The minimum atomic E-state index is -0.324. The van der Waals surface area contributed by atoms with Gasteiger partial charge in [-0.25, -0.2) is 4.79 Å². The van der Waals surface area contributed by atoms with E-state index in [1.54, 1.807) is 30.6 Å². The predicted octanol–water partition coefficient (Wildman–Crippen LogP) is 4.49. The quantitative estimate of drug-likeness (QED) is 0.355. The van der Waals surface area contributed by atoms with Gasteiger partial charge in [0, 0.05) is 16.2 Å². The number of imidazole rings is 1. The Hall–Kier alpha value is -2.70. The highest BCUT2D eigenvalue weighted by molar-refractivity contribution is 9.10. The lowest BCUT2D eigenvalue weighted by atomic mass is 10.00. The van der Waals surface area contributed by atoms with Crippen molar-refractivity contribution in [1.29, 1.82) is 0 Å². The largest absolute Gasteiger partial charge is 0.331 e. The summed E-state index contributed by atoms with van der Waals surface area (Å²) in [4.78, 5) is 32.2. The number of hydrogen-bond donors (Lipinski definition) is 1. The van der Waals surface area contributed by atoms with Crippen LogP contribution in [0, 0.1) is 0 Å². The highest BCUT2D eigenvalue weighted by Gasteiger charge is 2.19. The molecule has 7 heteroatoms. The number of aromatic amines is 1. The Morgan fingerprint density at radius 1 is 1.14 bits per heavy atom. The van der Waals surface area contributed by atoms with E-state index in [0.29, 0.717) is 28.7 Å². The monoisotopic (exact) mass is 455 g/mol. The van der Waals surface area contributed by atoms with Gasteiger partial charge in [-0.3, -0.25) is 14.3 Å². The van der Waals surface area contributed by atoms with Crippen molar-refractivity contribution in [3.63, 3.8) is 0 Å². The zero-order valence-corrected chi connectivity index (χ0v) is 17.0. The Morgan fingerprint density at radius 2 is 1.93 bits per heavy atom. The summed E-state index contributed by atoms with van der Waals surface area (Å²) in [6, 6.07) is 15.1. The van der Waals surface area contributed by atoms with Crippen LogP contribution in [0.25, 0.3) is 16.7 Å². The Morgan fingerprint density at radius 3 is 2.61 bits per heavy atom. The summed E-state index contributed by atoms with van der Waals surface area (Å²) in [5.41, 5.74) is 3.84. The van der Waals surface area contributed by atoms with Crippen LogP contribution in [0.5, 0.6) is 0 Å². The van der Waals surface area contributed by atoms with Crippen molar-refractivity contribution < 1.29 is 4.79 Å². The summed E-state index contributed by atoms with van der Waals surface area (Å²) >= 11 is 9.25. The van der Waals surface area contributed by atoms with E-state index < -0.39 is 0 Å². The first-order chi connectivity index (χ1) is 13.6. The van der Waals surface area contributed by atoms with E-state index in [-0.39, 0.29) is 17.4 Å². The van der Waals surface area contributed by atoms with Crippen LogP contribution >= 0.6 is 27.5 Å². The number of Topliss-reactive ketones (excluding diaryl/α,β-unsaturated/α-hetero) is 1. The molecule has 140 valence electrons. The van der Waals surface area contributed by atoms with Crippen LogP contribution in [-0.2, 0) is 6.42 Å². The van der Waals surface area contributed by atoms with Gasteiger partial charge in [-0.15, -0.1) is 11.6 Å². The molecule has 2 heterocycles. The lowest BCUT2D eigenvalue weighted by molar-refractivity contribution is 0.102. The van der Waals surface area contributed by atoms with E-state index in [2.05, 4.69) is 25.9 Å². The SMILES string of the molecule is O=C(CCl)c1ccc(Cc2ccc(Br)cc2)c2[nH]c(=O)n(-c3cccnc3)c12. The summed E-state index contributed by atoms with van der Waals surface area (Å²) in [6.45, 7) is 0. The number of fused-ring (bicyclic) bond motifs is 1. The second-order valence-corrected chi connectivity index (χ2v) is 7.52. The van der Waals surface area contributed by atoms with Crippen molar-refractivity contribution in [3.05, 3.63) is 92.6 Å². The molecule has 4 aromatic rings. The van der Waals surface area contributed by atoms with Gasteiger partial charge in [0.15, 0.2) is 5.78 Å². The van der Waals surface area contributed by atoms with E-state index in [9.17, 15) is 9.59 Å². The fraction of sp³-hybridized carbons (Fsp3) is 0.0952. The van der Waals surface area contributed by atoms with Gasteiger partial charge in [0.25, 0.3) is 0 Å². The maximum atomic E-state index is 12.8. The number of benzene rings is 2. The number of rotatable bonds is 5. The van der Waals surface area contributed by atoms with Crippen molar-refractivity contribution in [2.75, 3.05) is 5.88 Å². The number of pyridine rings is 1. The highest BCUT2D eigenvalue weighted by Crippen LogP contribution is 2.26. The molecule has 0 aliphatic heterocycles. The average Bonchev–Trinajstić information content (AvgIpc) is 3.07. The van der Waals surface area contributed by atoms with Crippen LogP contribution in [0.15, 0.2) is 70.2 Å². The zero-order valence-electron chi connectivity index (χ0n) is 14.7. The molecule has 0 radical (unpaired) electrons. The molecule has 0 saturated carbocycles. The van der Waals surface area contributed by atoms with Gasteiger partial charge in [0.2, 0.25) is 0 Å². The van der Waals surface area contributed by atoms with E-state index in [1.165, 1.54) is 4.57 Å². The molecule has 0 fully saturated rings. The molecule has 0 saturated heterocycles. The Kier molecular flexibility index (Phi) is 5.15. The van der Waals surface area contributed by atoms with Crippen LogP contribution < -0.4 is 5.69 Å². The summed E-state index contributed by atoms with van der Waals surface area (Å²) in [5, 5.41) is 0. The van der Waals surface area contributed by atoms with Gasteiger partial charge in [0.1, 0.15) is 0 Å². The van der Waals surface area contributed by atoms with Crippen molar-refractivity contribution in [2.24, 2.45) is 0 Å². The van der Waals surface area contributed by atoms with Crippen molar-refractivity contribution >= 4 is 44.3 Å². The fourth-order valence-electron chi connectivity index (χ4n) is 3.27. The maximum absolute atomic E-state index is 12.8. The molecule has 2 aromatic heterocycles. The third kappa shape index (κ3) is 3.41. The molecule has 1 N–H and O–H groups in total. The summed E-state index contributed by atoms with van der Waals surface area (Å²) in [5.74, 6) is -0.397. The second kappa shape index (κ2) is 7.73. The molecule has 0 amide bonds. The van der Waals surface area contributed by atoms with Crippen LogP contribution in [0.2, 0.25) is 0 Å². The zero-order chi connectivity index (χ0) is 19.7. The minimum Gasteiger partial charge on any atom is -0.305 e. The summed E-state index contributed by atoms with van der Waals surface area (Å²) in [6.07, 6.45) is 3.84. The first-order valence-corrected chi connectivity index (χ1v) is 9.92. The molecule has 28 heavy (non-hydrogen) atoms. The van der Waals surface area contributed by atoms with Crippen molar-refractivity contribution in [2.45, 2.75) is 6.42 Å². The smallest absolute Gasteiger partial charge is 0.305 e. The third-order valence-corrected chi connectivity index (χ3v) is 5.33. The van der Waals surface area contributed by atoms with Gasteiger partial charge in [-0.05, 0) is 47.9 Å². The van der Waals surface area contributed by atoms with Gasteiger partial charge in [-0.1, -0.05) is 34.1 Å². The minimum absolute atomic E-state index is 0.159. The molecule has 0 aliphatic rings. The molecule has 0 aliphatic carbocycles. The molecule has 0 atom stereocenters. The number of aromatic nitrogens is 3. The standard InChI is InChI=1S/C21H15BrClN3O2/c22-15-6-3-13(4-7-15)10-14-5-8-17(18(27)11-23)20-19(14)25-21(28)26(20)16-2-1-9-24-12-16/h1-9,12H,10-11H2,(H,25,28). The van der Waals surface area contributed by atoms with Gasteiger partial charge < -0.3 is 4.98 Å². The summed E-state index contributed by atoms with van der Waals surface area (Å²) in [7, 11) is 0. The molecule has 0 bridgehead atoms. The molecular formula is C21H15BrClN3O2. The Bertz CT molecular complexity index is 1210. The van der Waals surface area contributed by atoms with Crippen LogP contribution in [0.4, 0.5) is 0 Å². The first kappa shape index (κ1) is 18.7. The van der Waals surface area contributed by atoms with E-state index >= 15 is 0 Å². The van der Waals surface area contributed by atoms with Crippen LogP contribution in [0.3, 0.4) is 0 Å². The van der Waals surface area contributed by atoms with Gasteiger partial charge >= 0.3 is 5.69 Å². The van der Waals surface area contributed by atoms with Crippen LogP contribution in [-0.4, -0.2) is 26.2 Å². The lowest BCUT2D eigenvalue weighted by Crippen LogP contribution is -2.16. The topological polar surface area (TPSA) is 67.8 Å². The number of H-pyrrole nitrogens is 1. The number of carbonyl (C=O) groups excluding carboxylic acids is 1. The summed E-state index contributed by atoms with van der Waals surface area (Å²) < 4.78 is 2.48. The molecule has 2 aromatic carbocycles. The number of ketones is 1. The average molecular weight is 457 g/mol. The van der Waals surface area contributed by atoms with Crippen molar-refractivity contribution in [1.82, 2.24) is 14.5 Å². The van der Waals surface area contributed by atoms with Gasteiger partial charge in [-0.2, -0.15) is 0 Å². The number of hydrogen-bond acceptors (Lipinski definition) is 3. The molecule has 4 rings (SSSR count). The number of carbonyl (C=O) groups is 1. The molecule has 0 unspecified atom stereocenters. The Balaban J connectivity index is 1.96. The second-order valence-electron chi connectivity index (χ2n) is 6.33. The maximum Gasteiger partial charge on any atom is 0.331 e. The van der Waals surface area contributed by atoms with Crippen molar-refractivity contribution in [3.8, 4) is 5.69 Å². The number of nitrogens with one attached hydrogen (secondary N) is 1. The van der Waals surface area contributed by atoms with E-state index in [0.717, 1.165) is 15.6 Å². The van der Waals surface area contributed by atoms with E-state index in [4.69, 9.17) is 11.6 Å².